The van der Waals surface area contributed by atoms with Gasteiger partial charge >= 0.3 is 0 Å². The maximum atomic E-state index is 14.2. The lowest BCUT2D eigenvalue weighted by atomic mass is 9.52. The van der Waals surface area contributed by atoms with Crippen LogP contribution in [0.25, 0.3) is 0 Å². The molecule has 5 rings (SSSR count). The molecule has 1 saturated heterocycles. The third kappa shape index (κ3) is 3.29. The van der Waals surface area contributed by atoms with E-state index in [4.69, 9.17) is 4.74 Å². The van der Waals surface area contributed by atoms with Crippen LogP contribution in [0.1, 0.15) is 99.8 Å². The molecule has 0 bridgehead atoms. The highest BCUT2D eigenvalue weighted by atomic mass is 16.6. The van der Waals surface area contributed by atoms with Gasteiger partial charge in [-0.05, 0) is 98.2 Å². The molecule has 1 heterocycles. The molecular formula is C30H50O4. The number of rotatable bonds is 7. The molecule has 5 aliphatic rings. The van der Waals surface area contributed by atoms with E-state index in [0.29, 0.717) is 47.7 Å². The van der Waals surface area contributed by atoms with Gasteiger partial charge in [-0.3, -0.25) is 4.79 Å². The summed E-state index contributed by atoms with van der Waals surface area (Å²) in [6.45, 7) is 16.9. The average molecular weight is 475 g/mol. The van der Waals surface area contributed by atoms with Crippen LogP contribution in [0.15, 0.2) is 0 Å². The van der Waals surface area contributed by atoms with E-state index in [0.717, 1.165) is 37.5 Å². The second-order valence-electron chi connectivity index (χ2n) is 14.4. The number of epoxide rings is 1. The Morgan fingerprint density at radius 1 is 1.03 bits per heavy atom. The van der Waals surface area contributed by atoms with Gasteiger partial charge in [0.1, 0.15) is 11.4 Å². The predicted octanol–water partition coefficient (Wildman–Crippen LogP) is 5.63. The molecule has 0 aromatic carbocycles. The van der Waals surface area contributed by atoms with Crippen molar-refractivity contribution in [2.24, 2.45) is 57.7 Å². The summed E-state index contributed by atoms with van der Waals surface area (Å²) in [5.41, 5.74) is -0.423. The van der Waals surface area contributed by atoms with Crippen molar-refractivity contribution in [2.45, 2.75) is 118 Å². The largest absolute Gasteiger partial charge is 0.396 e. The normalized spacial score (nSPS) is 53.9. The molecule has 4 heteroatoms. The number of Topliss-reactive ketones (excluding diaryl/α,β-unsaturated/α-hetero) is 1. The van der Waals surface area contributed by atoms with Crippen molar-refractivity contribution in [3.63, 3.8) is 0 Å². The topological polar surface area (TPSA) is 70.1 Å². The van der Waals surface area contributed by atoms with Crippen molar-refractivity contribution in [3.8, 4) is 0 Å². The molecule has 1 aliphatic heterocycles. The minimum Gasteiger partial charge on any atom is -0.396 e. The highest BCUT2D eigenvalue weighted by Gasteiger charge is 2.76. The number of ether oxygens (including phenoxy) is 1. The molecule has 0 amide bonds. The van der Waals surface area contributed by atoms with Crippen LogP contribution in [-0.4, -0.2) is 40.4 Å². The highest BCUT2D eigenvalue weighted by Crippen LogP contribution is 2.70. The first-order valence-corrected chi connectivity index (χ1v) is 14.4. The predicted molar refractivity (Wildman–Crippen MR) is 134 cm³/mol. The standard InChI is InChI=1S/C30H50O4/c1-17(2)19(4)28(6)16-24(28)18(3)22-8-9-23(27(22,5)12-13-31)21-14-25-30(34-25)15-20(32)10-11-29(30,7)26(21)33/h17-25,31-32H,8-16H2,1-7H3/t18-,19+,20-,21-,22+,23-,24+,25-,27+,28?,29+,30-/m0/s1. The molecule has 5 fully saturated rings. The maximum Gasteiger partial charge on any atom is 0.145 e. The van der Waals surface area contributed by atoms with Crippen LogP contribution in [-0.2, 0) is 9.53 Å². The SMILES string of the molecule is CC(C)[C@@H](C)C1(C)C[C@@H]1[C@@H](C)[C@H]1CC[C@@H]([C@@H]2C[C@@H]3O[C@@]34C[C@@H](O)CC[C@]4(C)C2=O)[C@]1(C)CCO. The zero-order valence-corrected chi connectivity index (χ0v) is 22.8. The summed E-state index contributed by atoms with van der Waals surface area (Å²) in [5, 5.41) is 20.5. The van der Waals surface area contributed by atoms with Gasteiger partial charge in [-0.1, -0.05) is 41.5 Å². The smallest absolute Gasteiger partial charge is 0.145 e. The van der Waals surface area contributed by atoms with Gasteiger partial charge in [0.25, 0.3) is 0 Å². The molecule has 0 aromatic rings. The van der Waals surface area contributed by atoms with Crippen LogP contribution in [0.2, 0.25) is 0 Å². The number of ketones is 1. The van der Waals surface area contributed by atoms with Gasteiger partial charge < -0.3 is 14.9 Å². The molecule has 0 aromatic heterocycles. The monoisotopic (exact) mass is 474 g/mol. The number of aliphatic hydroxyl groups excluding tert-OH is 2. The summed E-state index contributed by atoms with van der Waals surface area (Å²) in [5.74, 6) is 4.15. The van der Waals surface area contributed by atoms with Crippen molar-refractivity contribution in [3.05, 3.63) is 0 Å². The maximum absolute atomic E-state index is 14.2. The number of carbonyl (C=O) groups excluding carboxylic acids is 1. The van der Waals surface area contributed by atoms with Crippen LogP contribution in [0.5, 0.6) is 0 Å². The second-order valence-corrected chi connectivity index (χ2v) is 14.4. The van der Waals surface area contributed by atoms with Gasteiger partial charge in [0.05, 0.1) is 17.6 Å². The molecule has 2 N–H and O–H groups in total. The van der Waals surface area contributed by atoms with Crippen molar-refractivity contribution in [1.82, 2.24) is 0 Å². The fraction of sp³-hybridized carbons (Fsp3) is 0.967. The summed E-state index contributed by atoms with van der Waals surface area (Å²) in [6, 6.07) is 0. The molecule has 194 valence electrons. The summed E-state index contributed by atoms with van der Waals surface area (Å²) in [4.78, 5) is 14.2. The van der Waals surface area contributed by atoms with Gasteiger partial charge in [0.2, 0.25) is 0 Å². The number of carbonyl (C=O) groups is 1. The number of hydrogen-bond acceptors (Lipinski definition) is 4. The summed E-state index contributed by atoms with van der Waals surface area (Å²) < 4.78 is 6.30. The minimum atomic E-state index is -0.453. The Morgan fingerprint density at radius 2 is 1.74 bits per heavy atom. The third-order valence-corrected chi connectivity index (χ3v) is 12.9. The van der Waals surface area contributed by atoms with Crippen molar-refractivity contribution >= 4 is 5.78 Å². The Hall–Kier alpha value is -0.450. The van der Waals surface area contributed by atoms with E-state index in [9.17, 15) is 15.0 Å². The first-order valence-electron chi connectivity index (χ1n) is 14.4. The molecule has 12 atom stereocenters. The molecule has 34 heavy (non-hydrogen) atoms. The van der Waals surface area contributed by atoms with Crippen LogP contribution in [0, 0.1) is 57.7 Å². The van der Waals surface area contributed by atoms with Gasteiger partial charge in [-0.15, -0.1) is 0 Å². The summed E-state index contributed by atoms with van der Waals surface area (Å²) in [6.07, 6.45) is 7.10. The lowest BCUT2D eigenvalue weighted by molar-refractivity contribution is -0.147. The first-order chi connectivity index (χ1) is 15.9. The van der Waals surface area contributed by atoms with Crippen LogP contribution in [0.3, 0.4) is 0 Å². The van der Waals surface area contributed by atoms with E-state index < -0.39 is 11.0 Å². The number of hydrogen-bond donors (Lipinski definition) is 2. The Kier molecular flexibility index (Phi) is 5.95. The zero-order valence-electron chi connectivity index (χ0n) is 22.8. The summed E-state index contributed by atoms with van der Waals surface area (Å²) >= 11 is 0. The van der Waals surface area contributed by atoms with E-state index >= 15 is 0 Å². The Morgan fingerprint density at radius 3 is 2.38 bits per heavy atom. The fourth-order valence-corrected chi connectivity index (χ4v) is 10.1. The van der Waals surface area contributed by atoms with Gasteiger partial charge in [0, 0.05) is 18.9 Å². The van der Waals surface area contributed by atoms with E-state index in [1.165, 1.54) is 12.8 Å². The molecule has 4 nitrogen and oxygen atoms in total. The Balaban J connectivity index is 1.38. The molecule has 0 radical (unpaired) electrons. The van der Waals surface area contributed by atoms with Gasteiger partial charge in [-0.2, -0.15) is 0 Å². The molecule has 4 aliphatic carbocycles. The van der Waals surface area contributed by atoms with E-state index in [-0.39, 0.29) is 30.1 Å². The van der Waals surface area contributed by atoms with Crippen LogP contribution < -0.4 is 0 Å². The fourth-order valence-electron chi connectivity index (χ4n) is 10.1. The third-order valence-electron chi connectivity index (χ3n) is 12.9. The van der Waals surface area contributed by atoms with Gasteiger partial charge in [0.15, 0.2) is 0 Å². The van der Waals surface area contributed by atoms with Gasteiger partial charge in [-0.25, -0.2) is 0 Å². The van der Waals surface area contributed by atoms with Crippen molar-refractivity contribution < 1.29 is 19.7 Å². The van der Waals surface area contributed by atoms with Crippen molar-refractivity contribution in [2.75, 3.05) is 6.61 Å². The highest BCUT2D eigenvalue weighted by molar-refractivity contribution is 5.90. The van der Waals surface area contributed by atoms with Crippen molar-refractivity contribution in [1.29, 1.82) is 0 Å². The van der Waals surface area contributed by atoms with Crippen LogP contribution >= 0.6 is 0 Å². The lowest BCUT2D eigenvalue weighted by Crippen LogP contribution is -2.57. The molecule has 1 spiro atoms. The van der Waals surface area contributed by atoms with E-state index in [2.05, 4.69) is 48.5 Å². The Labute approximate surface area is 207 Å². The van der Waals surface area contributed by atoms with Crippen LogP contribution in [0.4, 0.5) is 0 Å². The molecule has 4 saturated carbocycles. The first kappa shape index (κ1) is 25.2. The average Bonchev–Trinajstić information content (AvgIpc) is 3.63. The second kappa shape index (κ2) is 8.02. The quantitative estimate of drug-likeness (QED) is 0.469. The minimum absolute atomic E-state index is 0.00150. The zero-order chi connectivity index (χ0) is 24.8. The van der Waals surface area contributed by atoms with E-state index in [1.807, 2.05) is 0 Å². The molecular weight excluding hydrogens is 424 g/mol. The van der Waals surface area contributed by atoms with E-state index in [1.54, 1.807) is 0 Å². The lowest BCUT2D eigenvalue weighted by Gasteiger charge is -2.49. The molecule has 1 unspecified atom stereocenters. The Bertz CT molecular complexity index is 825. The number of aliphatic hydroxyl groups is 2. The summed E-state index contributed by atoms with van der Waals surface area (Å²) in [7, 11) is 0.